The number of nitrogens with one attached hydrogen (secondary N) is 2. The van der Waals surface area contributed by atoms with E-state index in [2.05, 4.69) is 30.6 Å². The van der Waals surface area contributed by atoms with Crippen LogP contribution < -0.4 is 10.6 Å². The molecule has 9 heteroatoms. The predicted molar refractivity (Wildman–Crippen MR) is 79.5 cm³/mol. The lowest BCUT2D eigenvalue weighted by atomic mass is 10.3. The van der Waals surface area contributed by atoms with Gasteiger partial charge in [0.05, 0.1) is 0 Å². The van der Waals surface area contributed by atoms with Crippen LogP contribution in [0.1, 0.15) is 13.3 Å². The molecule has 0 fully saturated rings. The molecule has 0 radical (unpaired) electrons. The first-order chi connectivity index (χ1) is 9.65. The Labute approximate surface area is 125 Å². The highest BCUT2D eigenvalue weighted by Gasteiger charge is 2.14. The van der Waals surface area contributed by atoms with Crippen LogP contribution in [0.3, 0.4) is 0 Å². The number of aliphatic hydroxyl groups is 1. The summed E-state index contributed by atoms with van der Waals surface area (Å²) in [5.74, 6) is 0.980. The maximum atomic E-state index is 8.81. The van der Waals surface area contributed by atoms with Gasteiger partial charge in [-0.05, 0) is 36.5 Å². The first-order valence-corrected chi connectivity index (χ1v) is 6.90. The summed E-state index contributed by atoms with van der Waals surface area (Å²) in [6, 6.07) is 0. The second-order valence-corrected chi connectivity index (χ2v) is 4.59. The number of hydrogen-bond donors (Lipinski definition) is 3. The molecular formula is C11H14Cl2N6O. The van der Waals surface area contributed by atoms with Crippen LogP contribution in [-0.2, 0) is 0 Å². The number of fused-ring (bicyclic) bond motifs is 1. The van der Waals surface area contributed by atoms with E-state index < -0.39 is 0 Å². The van der Waals surface area contributed by atoms with Gasteiger partial charge in [0.25, 0.3) is 0 Å². The van der Waals surface area contributed by atoms with Crippen molar-refractivity contribution in [3.8, 4) is 0 Å². The molecule has 108 valence electrons. The number of hydrogen-bond acceptors (Lipinski definition) is 7. The van der Waals surface area contributed by atoms with E-state index in [-0.39, 0.29) is 17.2 Å². The van der Waals surface area contributed by atoms with Gasteiger partial charge in [0.2, 0.25) is 10.6 Å². The van der Waals surface area contributed by atoms with E-state index in [1.807, 2.05) is 6.92 Å². The number of aliphatic hydroxyl groups excluding tert-OH is 1. The fraction of sp³-hybridized carbons (Fsp3) is 0.455. The summed E-state index contributed by atoms with van der Waals surface area (Å²) in [6.07, 6.45) is 0.585. The van der Waals surface area contributed by atoms with Gasteiger partial charge in [-0.15, -0.1) is 0 Å². The molecule has 2 heterocycles. The minimum absolute atomic E-state index is 0.0854. The summed E-state index contributed by atoms with van der Waals surface area (Å²) >= 11 is 11.8. The van der Waals surface area contributed by atoms with Crippen LogP contribution in [0.15, 0.2) is 0 Å². The highest BCUT2D eigenvalue weighted by molar-refractivity contribution is 6.30. The molecule has 0 aliphatic heterocycles. The molecule has 2 rings (SSSR count). The number of anilines is 2. The maximum absolute atomic E-state index is 8.81. The molecule has 0 aliphatic rings. The second-order valence-electron chi connectivity index (χ2n) is 3.91. The highest BCUT2D eigenvalue weighted by atomic mass is 35.5. The molecule has 0 spiro atoms. The second kappa shape index (κ2) is 6.83. The van der Waals surface area contributed by atoms with Crippen LogP contribution in [0.2, 0.25) is 10.6 Å². The van der Waals surface area contributed by atoms with Crippen molar-refractivity contribution in [3.05, 3.63) is 10.6 Å². The van der Waals surface area contributed by atoms with E-state index in [0.29, 0.717) is 42.2 Å². The molecule has 0 saturated carbocycles. The maximum Gasteiger partial charge on any atom is 0.225 e. The summed E-state index contributed by atoms with van der Waals surface area (Å²) in [6.45, 7) is 3.22. The van der Waals surface area contributed by atoms with Gasteiger partial charge in [0, 0.05) is 19.7 Å². The van der Waals surface area contributed by atoms with E-state index in [0.717, 1.165) is 0 Å². The van der Waals surface area contributed by atoms with Crippen molar-refractivity contribution < 1.29 is 5.11 Å². The summed E-state index contributed by atoms with van der Waals surface area (Å²) in [5.41, 5.74) is 0.992. The van der Waals surface area contributed by atoms with Crippen molar-refractivity contribution in [2.45, 2.75) is 13.3 Å². The van der Waals surface area contributed by atoms with E-state index in [1.165, 1.54) is 0 Å². The quantitative estimate of drug-likeness (QED) is 0.553. The molecule has 7 nitrogen and oxygen atoms in total. The van der Waals surface area contributed by atoms with Gasteiger partial charge in [-0.1, -0.05) is 0 Å². The van der Waals surface area contributed by atoms with Crippen LogP contribution in [0.5, 0.6) is 0 Å². The summed E-state index contributed by atoms with van der Waals surface area (Å²) in [4.78, 5) is 16.5. The molecular weight excluding hydrogens is 303 g/mol. The van der Waals surface area contributed by atoms with Crippen LogP contribution in [0.25, 0.3) is 11.0 Å². The summed E-state index contributed by atoms with van der Waals surface area (Å²) in [5, 5.41) is 15.1. The Morgan fingerprint density at radius 2 is 1.50 bits per heavy atom. The number of aromatic nitrogens is 4. The molecule has 0 amide bonds. The van der Waals surface area contributed by atoms with Crippen LogP contribution in [0.4, 0.5) is 11.6 Å². The van der Waals surface area contributed by atoms with Crippen molar-refractivity contribution in [2.75, 3.05) is 30.3 Å². The zero-order valence-corrected chi connectivity index (χ0v) is 12.3. The van der Waals surface area contributed by atoms with Crippen molar-refractivity contribution in [1.29, 1.82) is 0 Å². The number of rotatable bonds is 6. The standard InChI is InChI=1S/C11H14Cl2N6O/c1-2-14-8-6-7(17-10(12)18-8)9(15-4-3-5-20)19-11(13)16-6/h20H,2-5H2,1H3,(H,14,17,18)(H,15,16,19). The largest absolute Gasteiger partial charge is 0.396 e. The van der Waals surface area contributed by atoms with Gasteiger partial charge in [0.1, 0.15) is 11.0 Å². The third kappa shape index (κ3) is 3.36. The zero-order valence-electron chi connectivity index (χ0n) is 10.8. The van der Waals surface area contributed by atoms with Crippen LogP contribution >= 0.6 is 23.2 Å². The minimum atomic E-state index is 0.0854. The highest BCUT2D eigenvalue weighted by Crippen LogP contribution is 2.26. The van der Waals surface area contributed by atoms with Crippen molar-refractivity contribution in [2.24, 2.45) is 0 Å². The van der Waals surface area contributed by atoms with Gasteiger partial charge in [-0.2, -0.15) is 9.97 Å². The topological polar surface area (TPSA) is 95.9 Å². The Morgan fingerprint density at radius 3 is 2.00 bits per heavy atom. The minimum Gasteiger partial charge on any atom is -0.396 e. The van der Waals surface area contributed by atoms with E-state index >= 15 is 0 Å². The fourth-order valence-corrected chi connectivity index (χ4v) is 2.00. The first kappa shape index (κ1) is 15.0. The third-order valence-electron chi connectivity index (χ3n) is 2.46. The SMILES string of the molecule is CCNc1nc(Cl)nc2c(NCCCO)nc(Cl)nc12. The summed E-state index contributed by atoms with van der Waals surface area (Å²) < 4.78 is 0. The van der Waals surface area contributed by atoms with Crippen molar-refractivity contribution in [3.63, 3.8) is 0 Å². The first-order valence-electron chi connectivity index (χ1n) is 6.15. The van der Waals surface area contributed by atoms with Gasteiger partial charge < -0.3 is 15.7 Å². The van der Waals surface area contributed by atoms with Crippen LogP contribution in [-0.4, -0.2) is 44.7 Å². The smallest absolute Gasteiger partial charge is 0.225 e. The lowest BCUT2D eigenvalue weighted by Crippen LogP contribution is -2.09. The van der Waals surface area contributed by atoms with Gasteiger partial charge in [-0.3, -0.25) is 0 Å². The lowest BCUT2D eigenvalue weighted by molar-refractivity contribution is 0.292. The Bertz CT molecular complexity index is 609. The lowest BCUT2D eigenvalue weighted by Gasteiger charge is -2.10. The molecule has 0 aliphatic carbocycles. The molecule has 0 unspecified atom stereocenters. The molecule has 0 bridgehead atoms. The number of halogens is 2. The Hall–Kier alpha value is -1.44. The van der Waals surface area contributed by atoms with E-state index in [1.54, 1.807) is 0 Å². The normalized spacial score (nSPS) is 10.8. The average molecular weight is 317 g/mol. The average Bonchev–Trinajstić information content (AvgIpc) is 2.40. The molecule has 0 saturated heterocycles. The van der Waals surface area contributed by atoms with Gasteiger partial charge >= 0.3 is 0 Å². The van der Waals surface area contributed by atoms with E-state index in [9.17, 15) is 0 Å². The van der Waals surface area contributed by atoms with Gasteiger partial charge in [-0.25, -0.2) is 9.97 Å². The van der Waals surface area contributed by atoms with E-state index in [4.69, 9.17) is 28.3 Å². The molecule has 0 atom stereocenters. The van der Waals surface area contributed by atoms with Gasteiger partial charge in [0.15, 0.2) is 11.6 Å². The predicted octanol–water partition coefficient (Wildman–Crippen LogP) is 1.95. The monoisotopic (exact) mass is 316 g/mol. The third-order valence-corrected chi connectivity index (χ3v) is 2.80. The molecule has 0 aromatic carbocycles. The Kier molecular flexibility index (Phi) is 5.11. The molecule has 2 aromatic rings. The number of nitrogens with zero attached hydrogens (tertiary/aromatic N) is 4. The zero-order chi connectivity index (χ0) is 14.5. The van der Waals surface area contributed by atoms with Crippen molar-refractivity contribution >= 4 is 45.9 Å². The Morgan fingerprint density at radius 1 is 0.950 bits per heavy atom. The van der Waals surface area contributed by atoms with Crippen molar-refractivity contribution in [1.82, 2.24) is 19.9 Å². The molecule has 3 N–H and O–H groups in total. The fourth-order valence-electron chi connectivity index (χ4n) is 1.66. The molecule has 2 aromatic heterocycles. The Balaban J connectivity index is 2.51. The van der Waals surface area contributed by atoms with Crippen LogP contribution in [0, 0.1) is 0 Å². The summed E-state index contributed by atoms with van der Waals surface area (Å²) in [7, 11) is 0. The molecule has 20 heavy (non-hydrogen) atoms.